The van der Waals surface area contributed by atoms with Crippen LogP contribution in [0.4, 0.5) is 0 Å². The summed E-state index contributed by atoms with van der Waals surface area (Å²) in [5.74, 6) is -0.365. The Kier molecular flexibility index (Phi) is 3.45. The molecule has 0 aliphatic rings. The largest absolute Gasteiger partial charge is 0.463 e. The van der Waals surface area contributed by atoms with E-state index in [0.717, 1.165) is 5.39 Å². The fourth-order valence-electron chi connectivity index (χ4n) is 1.40. The van der Waals surface area contributed by atoms with E-state index in [-0.39, 0.29) is 5.97 Å². The standard InChI is InChI=1S/C13H12N2O2/c1-2-17-12(16)8-7-11-6-5-10-4-3-9-14-13(10)15-11/h3-9H,2H2,1H3/b8-7+. The van der Waals surface area contributed by atoms with Crippen molar-refractivity contribution in [1.82, 2.24) is 9.97 Å². The summed E-state index contributed by atoms with van der Waals surface area (Å²) in [5, 5.41) is 0.973. The maximum atomic E-state index is 11.1. The second-order valence-electron chi connectivity index (χ2n) is 3.37. The Morgan fingerprint density at radius 3 is 3.12 bits per heavy atom. The highest BCUT2D eigenvalue weighted by atomic mass is 16.5. The lowest BCUT2D eigenvalue weighted by molar-refractivity contribution is -0.137. The summed E-state index contributed by atoms with van der Waals surface area (Å²) in [4.78, 5) is 19.6. The van der Waals surface area contributed by atoms with Gasteiger partial charge in [0.15, 0.2) is 5.65 Å². The summed E-state index contributed by atoms with van der Waals surface area (Å²) in [5.41, 5.74) is 1.35. The van der Waals surface area contributed by atoms with E-state index in [0.29, 0.717) is 17.9 Å². The second kappa shape index (κ2) is 5.21. The van der Waals surface area contributed by atoms with Crippen molar-refractivity contribution in [3.8, 4) is 0 Å². The van der Waals surface area contributed by atoms with E-state index in [2.05, 4.69) is 9.97 Å². The van der Waals surface area contributed by atoms with E-state index in [1.54, 1.807) is 19.2 Å². The normalized spacial score (nSPS) is 10.9. The number of carbonyl (C=O) groups is 1. The number of rotatable bonds is 3. The van der Waals surface area contributed by atoms with Gasteiger partial charge in [0.1, 0.15) is 0 Å². The zero-order valence-corrected chi connectivity index (χ0v) is 9.46. The minimum absolute atomic E-state index is 0.365. The maximum absolute atomic E-state index is 11.1. The lowest BCUT2D eigenvalue weighted by Gasteiger charge is -1.97. The first-order valence-electron chi connectivity index (χ1n) is 5.36. The van der Waals surface area contributed by atoms with Gasteiger partial charge in [-0.2, -0.15) is 0 Å². The average Bonchev–Trinajstić information content (AvgIpc) is 2.36. The van der Waals surface area contributed by atoms with Crippen LogP contribution in [-0.4, -0.2) is 22.5 Å². The van der Waals surface area contributed by atoms with Crippen LogP contribution in [0.3, 0.4) is 0 Å². The van der Waals surface area contributed by atoms with Crippen LogP contribution in [0.25, 0.3) is 17.1 Å². The third-order valence-corrected chi connectivity index (χ3v) is 2.16. The van der Waals surface area contributed by atoms with Crippen LogP contribution in [0, 0.1) is 0 Å². The van der Waals surface area contributed by atoms with E-state index < -0.39 is 0 Å². The molecule has 0 N–H and O–H groups in total. The molecule has 0 aromatic carbocycles. The Balaban J connectivity index is 2.22. The third-order valence-electron chi connectivity index (χ3n) is 2.16. The molecule has 2 aromatic rings. The van der Waals surface area contributed by atoms with E-state index >= 15 is 0 Å². The predicted molar refractivity (Wildman–Crippen MR) is 65.2 cm³/mol. The molecule has 2 aromatic heterocycles. The highest BCUT2D eigenvalue weighted by Crippen LogP contribution is 2.09. The van der Waals surface area contributed by atoms with E-state index in [9.17, 15) is 4.79 Å². The Morgan fingerprint density at radius 1 is 1.41 bits per heavy atom. The number of ether oxygens (including phenoxy) is 1. The molecule has 0 spiro atoms. The van der Waals surface area contributed by atoms with Crippen LogP contribution in [-0.2, 0) is 9.53 Å². The van der Waals surface area contributed by atoms with Crippen LogP contribution in [0.15, 0.2) is 36.5 Å². The molecule has 17 heavy (non-hydrogen) atoms. The molecule has 0 amide bonds. The van der Waals surface area contributed by atoms with Gasteiger partial charge in [-0.15, -0.1) is 0 Å². The van der Waals surface area contributed by atoms with Gasteiger partial charge in [-0.25, -0.2) is 14.8 Å². The molecular formula is C13H12N2O2. The zero-order chi connectivity index (χ0) is 12.1. The lowest BCUT2D eigenvalue weighted by atomic mass is 10.2. The van der Waals surface area contributed by atoms with Gasteiger partial charge in [-0.05, 0) is 37.3 Å². The van der Waals surface area contributed by atoms with Crippen LogP contribution in [0.2, 0.25) is 0 Å². The SMILES string of the molecule is CCOC(=O)/C=C/c1ccc2cccnc2n1. The van der Waals surface area contributed by atoms with E-state index in [1.165, 1.54) is 6.08 Å². The van der Waals surface area contributed by atoms with Gasteiger partial charge >= 0.3 is 5.97 Å². The molecule has 0 bridgehead atoms. The summed E-state index contributed by atoms with van der Waals surface area (Å²) >= 11 is 0. The van der Waals surface area contributed by atoms with Crippen molar-refractivity contribution in [2.24, 2.45) is 0 Å². The Morgan fingerprint density at radius 2 is 2.29 bits per heavy atom. The number of carbonyl (C=O) groups excluding carboxylic acids is 1. The monoisotopic (exact) mass is 228 g/mol. The molecule has 2 rings (SSSR count). The first kappa shape index (κ1) is 11.3. The molecule has 86 valence electrons. The molecule has 4 heteroatoms. The van der Waals surface area contributed by atoms with Gasteiger partial charge in [0.25, 0.3) is 0 Å². The predicted octanol–water partition coefficient (Wildman–Crippen LogP) is 2.21. The van der Waals surface area contributed by atoms with E-state index in [4.69, 9.17) is 4.74 Å². The van der Waals surface area contributed by atoms with Gasteiger partial charge in [0.2, 0.25) is 0 Å². The maximum Gasteiger partial charge on any atom is 0.330 e. The van der Waals surface area contributed by atoms with Crippen molar-refractivity contribution in [3.05, 3.63) is 42.2 Å². The molecule has 4 nitrogen and oxygen atoms in total. The summed E-state index contributed by atoms with van der Waals surface area (Å²) in [6, 6.07) is 7.55. The Bertz CT molecular complexity index is 564. The third kappa shape index (κ3) is 2.87. The highest BCUT2D eigenvalue weighted by molar-refractivity contribution is 5.87. The second-order valence-corrected chi connectivity index (χ2v) is 3.37. The molecular weight excluding hydrogens is 216 g/mol. The first-order valence-corrected chi connectivity index (χ1v) is 5.36. The van der Waals surface area contributed by atoms with E-state index in [1.807, 2.05) is 24.3 Å². The molecule has 0 aliphatic carbocycles. The van der Waals surface area contributed by atoms with Gasteiger partial charge in [-0.3, -0.25) is 0 Å². The van der Waals surface area contributed by atoms with Crippen molar-refractivity contribution in [2.75, 3.05) is 6.61 Å². The highest BCUT2D eigenvalue weighted by Gasteiger charge is 1.97. The number of hydrogen-bond donors (Lipinski definition) is 0. The molecule has 0 fully saturated rings. The fraction of sp³-hybridized carbons (Fsp3) is 0.154. The minimum atomic E-state index is -0.365. The molecule has 0 unspecified atom stereocenters. The quantitative estimate of drug-likeness (QED) is 0.597. The fourth-order valence-corrected chi connectivity index (χ4v) is 1.40. The van der Waals surface area contributed by atoms with Gasteiger partial charge < -0.3 is 4.74 Å². The summed E-state index contributed by atoms with van der Waals surface area (Å²) in [6.45, 7) is 2.14. The van der Waals surface area contributed by atoms with Gasteiger partial charge in [0, 0.05) is 17.7 Å². The number of hydrogen-bond acceptors (Lipinski definition) is 4. The molecule has 0 saturated carbocycles. The Hall–Kier alpha value is -2.23. The van der Waals surface area contributed by atoms with Crippen molar-refractivity contribution in [2.45, 2.75) is 6.92 Å². The molecule has 0 atom stereocenters. The van der Waals surface area contributed by atoms with Crippen LogP contribution in [0.5, 0.6) is 0 Å². The van der Waals surface area contributed by atoms with Crippen molar-refractivity contribution < 1.29 is 9.53 Å². The topological polar surface area (TPSA) is 52.1 Å². The van der Waals surface area contributed by atoms with Crippen molar-refractivity contribution in [3.63, 3.8) is 0 Å². The summed E-state index contributed by atoms with van der Waals surface area (Å²) in [7, 11) is 0. The van der Waals surface area contributed by atoms with Crippen LogP contribution in [0.1, 0.15) is 12.6 Å². The van der Waals surface area contributed by atoms with Crippen molar-refractivity contribution >= 4 is 23.1 Å². The van der Waals surface area contributed by atoms with Gasteiger partial charge in [0.05, 0.1) is 12.3 Å². The molecule has 0 saturated heterocycles. The van der Waals surface area contributed by atoms with Gasteiger partial charge in [-0.1, -0.05) is 0 Å². The lowest BCUT2D eigenvalue weighted by Crippen LogP contribution is -1.98. The first-order chi connectivity index (χ1) is 8.29. The molecule has 2 heterocycles. The summed E-state index contributed by atoms with van der Waals surface area (Å²) < 4.78 is 4.78. The molecule has 0 radical (unpaired) electrons. The van der Waals surface area contributed by atoms with Crippen LogP contribution >= 0.6 is 0 Å². The number of pyridine rings is 2. The van der Waals surface area contributed by atoms with Crippen LogP contribution < -0.4 is 0 Å². The minimum Gasteiger partial charge on any atom is -0.463 e. The van der Waals surface area contributed by atoms with Crippen molar-refractivity contribution in [1.29, 1.82) is 0 Å². The number of esters is 1. The number of aromatic nitrogens is 2. The molecule has 0 aliphatic heterocycles. The zero-order valence-electron chi connectivity index (χ0n) is 9.46. The number of fused-ring (bicyclic) bond motifs is 1. The Labute approximate surface area is 99.0 Å². The smallest absolute Gasteiger partial charge is 0.330 e. The number of nitrogens with zero attached hydrogens (tertiary/aromatic N) is 2. The average molecular weight is 228 g/mol. The summed E-state index contributed by atoms with van der Waals surface area (Å²) in [6.07, 6.45) is 4.67.